The van der Waals surface area contributed by atoms with Gasteiger partial charge < -0.3 is 30.7 Å². The van der Waals surface area contributed by atoms with E-state index in [2.05, 4.69) is 25.8 Å². The van der Waals surface area contributed by atoms with Gasteiger partial charge in [0.05, 0.1) is 18.7 Å². The number of carbonyl (C=O) groups excluding carboxylic acids is 1. The molecule has 0 aromatic heterocycles. The third-order valence-corrected chi connectivity index (χ3v) is 4.70. The number of para-hydroxylation sites is 1. The van der Waals surface area contributed by atoms with Gasteiger partial charge in [-0.15, -0.1) is 24.0 Å². The normalized spacial score (nSPS) is 15.4. The van der Waals surface area contributed by atoms with E-state index < -0.39 is 0 Å². The number of rotatable bonds is 9. The molecular formula is C20H34IN5O3. The number of likely N-dealkylation sites (tertiary alicyclic amines) is 1. The van der Waals surface area contributed by atoms with Crippen LogP contribution in [0.1, 0.15) is 30.1 Å². The number of nitrogens with zero attached hydrogens (tertiary/aromatic N) is 2. The molecule has 2 rings (SSSR count). The van der Waals surface area contributed by atoms with Crippen LogP contribution in [-0.2, 0) is 4.74 Å². The zero-order valence-corrected chi connectivity index (χ0v) is 19.6. The maximum atomic E-state index is 12.1. The lowest BCUT2D eigenvalue weighted by Gasteiger charge is -2.32. The number of phenolic OH excluding ortho intramolecular Hbond substituents is 1. The Balaban J connectivity index is 0.00000420. The van der Waals surface area contributed by atoms with Crippen LogP contribution in [0.3, 0.4) is 0 Å². The lowest BCUT2D eigenvalue weighted by Crippen LogP contribution is -2.49. The van der Waals surface area contributed by atoms with Crippen LogP contribution in [-0.4, -0.2) is 80.9 Å². The third kappa shape index (κ3) is 9.18. The van der Waals surface area contributed by atoms with Gasteiger partial charge in [-0.1, -0.05) is 12.1 Å². The maximum Gasteiger partial charge on any atom is 0.255 e. The molecule has 0 aliphatic carbocycles. The number of hydrogen-bond donors (Lipinski definition) is 4. The molecule has 164 valence electrons. The molecule has 1 aromatic rings. The van der Waals surface area contributed by atoms with E-state index in [1.54, 1.807) is 25.3 Å². The van der Waals surface area contributed by atoms with Gasteiger partial charge in [0.2, 0.25) is 0 Å². The van der Waals surface area contributed by atoms with Gasteiger partial charge in [-0.05, 0) is 31.9 Å². The molecule has 8 nitrogen and oxygen atoms in total. The fraction of sp³-hybridized carbons (Fsp3) is 0.600. The number of amides is 1. The molecule has 1 amide bonds. The minimum atomic E-state index is -0.297. The van der Waals surface area contributed by atoms with Crippen LogP contribution in [0.15, 0.2) is 29.3 Å². The van der Waals surface area contributed by atoms with Crippen LogP contribution < -0.4 is 16.0 Å². The number of halogens is 1. The summed E-state index contributed by atoms with van der Waals surface area (Å²) in [7, 11) is 1.73. The van der Waals surface area contributed by atoms with Gasteiger partial charge in [0.25, 0.3) is 5.91 Å². The smallest absolute Gasteiger partial charge is 0.255 e. The second-order valence-electron chi connectivity index (χ2n) is 6.79. The molecule has 1 saturated heterocycles. The fourth-order valence-electron chi connectivity index (χ4n) is 3.13. The van der Waals surface area contributed by atoms with Gasteiger partial charge >= 0.3 is 0 Å². The highest BCUT2D eigenvalue weighted by Gasteiger charge is 2.19. The van der Waals surface area contributed by atoms with E-state index in [1.165, 1.54) is 6.07 Å². The lowest BCUT2D eigenvalue weighted by molar-refractivity contribution is 0.0952. The number of ether oxygens (including phenoxy) is 1. The van der Waals surface area contributed by atoms with Crippen molar-refractivity contribution in [1.82, 2.24) is 20.9 Å². The molecule has 0 spiro atoms. The van der Waals surface area contributed by atoms with Crippen LogP contribution in [0, 0.1) is 0 Å². The number of methoxy groups -OCH3 is 1. The van der Waals surface area contributed by atoms with E-state index in [1.807, 2.05) is 6.92 Å². The Bertz CT molecular complexity index is 636. The summed E-state index contributed by atoms with van der Waals surface area (Å²) in [6.45, 7) is 7.53. The summed E-state index contributed by atoms with van der Waals surface area (Å²) in [6.07, 6.45) is 2.14. The zero-order valence-electron chi connectivity index (χ0n) is 17.3. The molecule has 1 aliphatic heterocycles. The van der Waals surface area contributed by atoms with E-state index >= 15 is 0 Å². The Morgan fingerprint density at radius 2 is 2.00 bits per heavy atom. The van der Waals surface area contributed by atoms with Crippen molar-refractivity contribution in [2.45, 2.75) is 25.8 Å². The molecule has 1 aliphatic rings. The van der Waals surface area contributed by atoms with E-state index in [9.17, 15) is 9.90 Å². The van der Waals surface area contributed by atoms with Gasteiger partial charge in [0, 0.05) is 45.9 Å². The molecule has 0 bridgehead atoms. The minimum Gasteiger partial charge on any atom is -0.507 e. The molecule has 0 saturated carbocycles. The molecule has 29 heavy (non-hydrogen) atoms. The highest BCUT2D eigenvalue weighted by molar-refractivity contribution is 14.0. The van der Waals surface area contributed by atoms with Crippen molar-refractivity contribution in [2.75, 3.05) is 53.0 Å². The maximum absolute atomic E-state index is 12.1. The predicted octanol–water partition coefficient (Wildman–Crippen LogP) is 1.41. The Hall–Kier alpha value is -1.59. The van der Waals surface area contributed by atoms with Crippen molar-refractivity contribution in [3.8, 4) is 5.75 Å². The molecule has 1 fully saturated rings. The Morgan fingerprint density at radius 1 is 1.28 bits per heavy atom. The number of benzene rings is 1. The van der Waals surface area contributed by atoms with Gasteiger partial charge in [-0.3, -0.25) is 9.79 Å². The van der Waals surface area contributed by atoms with Crippen molar-refractivity contribution >= 4 is 35.8 Å². The number of nitrogens with one attached hydrogen (secondary N) is 3. The zero-order chi connectivity index (χ0) is 20.2. The average molecular weight is 519 g/mol. The molecule has 1 aromatic carbocycles. The highest BCUT2D eigenvalue weighted by Crippen LogP contribution is 2.14. The van der Waals surface area contributed by atoms with Crippen LogP contribution in [0.5, 0.6) is 5.75 Å². The van der Waals surface area contributed by atoms with Crippen molar-refractivity contribution in [1.29, 1.82) is 0 Å². The summed E-state index contributed by atoms with van der Waals surface area (Å²) in [6, 6.07) is 6.90. The van der Waals surface area contributed by atoms with Crippen molar-refractivity contribution in [2.24, 2.45) is 4.99 Å². The predicted molar refractivity (Wildman–Crippen MR) is 126 cm³/mol. The topological polar surface area (TPSA) is 98.2 Å². The number of piperidine rings is 1. The highest BCUT2D eigenvalue weighted by atomic mass is 127. The van der Waals surface area contributed by atoms with E-state index in [4.69, 9.17) is 4.74 Å². The van der Waals surface area contributed by atoms with Crippen LogP contribution >= 0.6 is 24.0 Å². The molecule has 4 N–H and O–H groups in total. The largest absolute Gasteiger partial charge is 0.507 e. The standard InChI is InChI=1S/C20H33N5O3.HI/c1-3-21-20(24-16-8-12-25(13-9-16)14-15-28-2)23-11-10-22-19(27)17-6-4-5-7-18(17)26;/h4-7,16,26H,3,8-15H2,1-2H3,(H,22,27)(H2,21,23,24);1H. The third-order valence-electron chi connectivity index (χ3n) is 4.70. The van der Waals surface area contributed by atoms with E-state index in [0.717, 1.165) is 51.6 Å². The number of hydrogen-bond acceptors (Lipinski definition) is 5. The number of guanidine groups is 1. The summed E-state index contributed by atoms with van der Waals surface area (Å²) >= 11 is 0. The number of phenols is 1. The summed E-state index contributed by atoms with van der Waals surface area (Å²) in [5, 5.41) is 19.3. The first-order chi connectivity index (χ1) is 13.6. The minimum absolute atomic E-state index is 0. The number of aromatic hydroxyl groups is 1. The van der Waals surface area contributed by atoms with E-state index in [0.29, 0.717) is 19.1 Å². The quantitative estimate of drug-likeness (QED) is 0.171. The van der Waals surface area contributed by atoms with Crippen LogP contribution in [0.2, 0.25) is 0 Å². The van der Waals surface area contributed by atoms with Gasteiger partial charge in [0.1, 0.15) is 5.75 Å². The molecule has 0 atom stereocenters. The van der Waals surface area contributed by atoms with Crippen LogP contribution in [0.25, 0.3) is 0 Å². The first-order valence-corrected chi connectivity index (χ1v) is 9.96. The van der Waals surface area contributed by atoms with E-state index in [-0.39, 0.29) is 41.2 Å². The van der Waals surface area contributed by atoms with Crippen molar-refractivity contribution in [3.05, 3.63) is 29.8 Å². The van der Waals surface area contributed by atoms with Gasteiger partial charge in [-0.25, -0.2) is 0 Å². The number of aliphatic imine (C=N–C) groups is 1. The molecule has 0 unspecified atom stereocenters. The Kier molecular flexibility index (Phi) is 12.6. The van der Waals surface area contributed by atoms with Crippen LogP contribution in [0.4, 0.5) is 0 Å². The van der Waals surface area contributed by atoms with Crippen molar-refractivity contribution in [3.63, 3.8) is 0 Å². The first-order valence-electron chi connectivity index (χ1n) is 9.96. The summed E-state index contributed by atoms with van der Waals surface area (Å²) < 4.78 is 5.14. The Labute approximate surface area is 190 Å². The molecular weight excluding hydrogens is 485 g/mol. The SMILES string of the molecule is CCNC(=NCCNC(=O)c1ccccc1O)NC1CCN(CCOC)CC1.I. The second-order valence-corrected chi connectivity index (χ2v) is 6.79. The molecule has 9 heteroatoms. The van der Waals surface area contributed by atoms with Gasteiger partial charge in [0.15, 0.2) is 5.96 Å². The van der Waals surface area contributed by atoms with Gasteiger partial charge in [-0.2, -0.15) is 0 Å². The number of carbonyl (C=O) groups is 1. The average Bonchev–Trinajstić information content (AvgIpc) is 2.71. The monoisotopic (exact) mass is 519 g/mol. The van der Waals surface area contributed by atoms with Crippen molar-refractivity contribution < 1.29 is 14.6 Å². The fourth-order valence-corrected chi connectivity index (χ4v) is 3.13. The summed E-state index contributed by atoms with van der Waals surface area (Å²) in [4.78, 5) is 19.1. The summed E-state index contributed by atoms with van der Waals surface area (Å²) in [5.74, 6) is 0.458. The molecule has 0 radical (unpaired) electrons. The first kappa shape index (κ1) is 25.4. The molecule has 1 heterocycles. The lowest BCUT2D eigenvalue weighted by atomic mass is 10.1. The second kappa shape index (κ2) is 14.4. The Morgan fingerprint density at radius 3 is 2.66 bits per heavy atom. The summed E-state index contributed by atoms with van der Waals surface area (Å²) in [5.41, 5.74) is 0.275.